The number of hydrogen-bond acceptors (Lipinski definition) is 5. The Kier molecular flexibility index (Phi) is 4.04. The maximum Gasteiger partial charge on any atom is 0.227 e. The van der Waals surface area contributed by atoms with Gasteiger partial charge in [0, 0.05) is 37.6 Å². The number of carbonyl (C=O) groups is 1. The molecule has 1 aliphatic heterocycles. The number of hydrogen-bond donors (Lipinski definition) is 1. The lowest BCUT2D eigenvalue weighted by Gasteiger charge is -2.31. The van der Waals surface area contributed by atoms with Crippen molar-refractivity contribution in [2.24, 2.45) is 5.92 Å². The van der Waals surface area contributed by atoms with Crippen molar-refractivity contribution in [1.82, 2.24) is 15.0 Å². The van der Waals surface area contributed by atoms with E-state index in [4.69, 9.17) is 0 Å². The van der Waals surface area contributed by atoms with Crippen LogP contribution in [-0.2, 0) is 4.79 Å². The molecule has 108 valence electrons. The van der Waals surface area contributed by atoms with Crippen molar-refractivity contribution in [2.45, 2.75) is 12.8 Å². The molecular formula is C15H17N5O. The number of rotatable bonds is 3. The Bertz CT molecular complexity index is 582. The number of pyridine rings is 1. The van der Waals surface area contributed by atoms with Gasteiger partial charge in [-0.15, -0.1) is 0 Å². The molecule has 1 aliphatic rings. The molecule has 3 heterocycles. The fourth-order valence-corrected chi connectivity index (χ4v) is 2.48. The Morgan fingerprint density at radius 2 is 1.90 bits per heavy atom. The van der Waals surface area contributed by atoms with Gasteiger partial charge in [-0.1, -0.05) is 0 Å². The zero-order chi connectivity index (χ0) is 14.5. The molecule has 2 aromatic heterocycles. The Morgan fingerprint density at radius 1 is 1.14 bits per heavy atom. The monoisotopic (exact) mass is 283 g/mol. The van der Waals surface area contributed by atoms with E-state index in [1.165, 1.54) is 0 Å². The average molecular weight is 283 g/mol. The first-order chi connectivity index (χ1) is 10.3. The van der Waals surface area contributed by atoms with Crippen LogP contribution in [0.25, 0.3) is 0 Å². The highest BCUT2D eigenvalue weighted by molar-refractivity contribution is 5.92. The molecule has 0 spiro atoms. The van der Waals surface area contributed by atoms with Crippen molar-refractivity contribution in [2.75, 3.05) is 23.3 Å². The number of nitrogens with one attached hydrogen (secondary N) is 1. The number of amides is 1. The molecule has 1 fully saturated rings. The van der Waals surface area contributed by atoms with Gasteiger partial charge in [0.05, 0.1) is 11.9 Å². The quantitative estimate of drug-likeness (QED) is 0.928. The molecule has 0 aromatic carbocycles. The van der Waals surface area contributed by atoms with Crippen LogP contribution in [-0.4, -0.2) is 33.9 Å². The summed E-state index contributed by atoms with van der Waals surface area (Å²) >= 11 is 0. The molecule has 0 aliphatic carbocycles. The van der Waals surface area contributed by atoms with Gasteiger partial charge in [-0.25, -0.2) is 9.97 Å². The minimum absolute atomic E-state index is 0.0326. The van der Waals surface area contributed by atoms with E-state index in [2.05, 4.69) is 25.2 Å². The first-order valence-electron chi connectivity index (χ1n) is 7.06. The summed E-state index contributed by atoms with van der Waals surface area (Å²) in [7, 11) is 0. The summed E-state index contributed by atoms with van der Waals surface area (Å²) in [5.41, 5.74) is 0.747. The maximum absolute atomic E-state index is 12.2. The zero-order valence-electron chi connectivity index (χ0n) is 11.6. The molecule has 3 rings (SSSR count). The summed E-state index contributed by atoms with van der Waals surface area (Å²) in [5.74, 6) is 0.838. The summed E-state index contributed by atoms with van der Waals surface area (Å²) < 4.78 is 0. The predicted octanol–water partition coefficient (Wildman–Crippen LogP) is 1.73. The van der Waals surface area contributed by atoms with Gasteiger partial charge >= 0.3 is 0 Å². The van der Waals surface area contributed by atoms with Crippen LogP contribution in [0.15, 0.2) is 43.0 Å². The Labute approximate surface area is 123 Å². The molecule has 0 bridgehead atoms. The van der Waals surface area contributed by atoms with Crippen LogP contribution >= 0.6 is 0 Å². The van der Waals surface area contributed by atoms with Crippen LogP contribution in [0, 0.1) is 5.92 Å². The van der Waals surface area contributed by atoms with Crippen molar-refractivity contribution in [1.29, 1.82) is 0 Å². The van der Waals surface area contributed by atoms with Crippen LogP contribution in [0.2, 0.25) is 0 Å². The number of nitrogens with zero attached hydrogens (tertiary/aromatic N) is 4. The summed E-state index contributed by atoms with van der Waals surface area (Å²) in [6.45, 7) is 1.60. The van der Waals surface area contributed by atoms with E-state index in [1.807, 2.05) is 12.1 Å². The summed E-state index contributed by atoms with van der Waals surface area (Å²) in [6, 6.07) is 5.46. The topological polar surface area (TPSA) is 71.0 Å². The van der Waals surface area contributed by atoms with Crippen LogP contribution in [0.4, 0.5) is 11.6 Å². The van der Waals surface area contributed by atoms with E-state index in [0.717, 1.165) is 37.6 Å². The zero-order valence-corrected chi connectivity index (χ0v) is 11.6. The molecule has 1 N–H and O–H groups in total. The largest absolute Gasteiger partial charge is 0.341 e. The second-order valence-electron chi connectivity index (χ2n) is 5.04. The van der Waals surface area contributed by atoms with E-state index in [1.54, 1.807) is 30.9 Å². The fourth-order valence-electron chi connectivity index (χ4n) is 2.48. The van der Waals surface area contributed by atoms with Crippen molar-refractivity contribution in [3.8, 4) is 0 Å². The molecule has 0 atom stereocenters. The molecule has 0 saturated carbocycles. The third-order valence-corrected chi connectivity index (χ3v) is 3.63. The number of carbonyl (C=O) groups excluding carboxylic acids is 1. The second-order valence-corrected chi connectivity index (χ2v) is 5.04. The first kappa shape index (κ1) is 13.5. The lowest BCUT2D eigenvalue weighted by atomic mass is 9.96. The first-order valence-corrected chi connectivity index (χ1v) is 7.06. The minimum Gasteiger partial charge on any atom is -0.341 e. The van der Waals surface area contributed by atoms with Crippen LogP contribution in [0.5, 0.6) is 0 Å². The Hall–Kier alpha value is -2.50. The van der Waals surface area contributed by atoms with Crippen LogP contribution < -0.4 is 10.2 Å². The summed E-state index contributed by atoms with van der Waals surface area (Å²) in [4.78, 5) is 26.8. The minimum atomic E-state index is 0.0326. The van der Waals surface area contributed by atoms with Gasteiger partial charge < -0.3 is 10.2 Å². The molecule has 6 heteroatoms. The Morgan fingerprint density at radius 3 is 2.57 bits per heavy atom. The van der Waals surface area contributed by atoms with Crippen molar-refractivity contribution < 1.29 is 4.79 Å². The van der Waals surface area contributed by atoms with E-state index in [9.17, 15) is 4.79 Å². The SMILES string of the molecule is O=C(Nc1cccnc1)C1CCN(c2ncccn2)CC1. The molecule has 0 unspecified atom stereocenters. The van der Waals surface area contributed by atoms with Gasteiger partial charge in [-0.05, 0) is 31.0 Å². The second kappa shape index (κ2) is 6.30. The third kappa shape index (κ3) is 3.34. The van der Waals surface area contributed by atoms with E-state index < -0.39 is 0 Å². The van der Waals surface area contributed by atoms with Gasteiger partial charge in [-0.3, -0.25) is 9.78 Å². The smallest absolute Gasteiger partial charge is 0.227 e. The molecular weight excluding hydrogens is 266 g/mol. The molecule has 1 saturated heterocycles. The van der Waals surface area contributed by atoms with Gasteiger partial charge in [0.15, 0.2) is 0 Å². The van der Waals surface area contributed by atoms with Gasteiger partial charge in [-0.2, -0.15) is 0 Å². The molecule has 6 nitrogen and oxygen atoms in total. The fraction of sp³-hybridized carbons (Fsp3) is 0.333. The van der Waals surface area contributed by atoms with E-state index in [-0.39, 0.29) is 11.8 Å². The highest BCUT2D eigenvalue weighted by atomic mass is 16.1. The van der Waals surface area contributed by atoms with E-state index in [0.29, 0.717) is 0 Å². The predicted molar refractivity (Wildman–Crippen MR) is 79.8 cm³/mol. The lowest BCUT2D eigenvalue weighted by molar-refractivity contribution is -0.120. The van der Waals surface area contributed by atoms with Crippen molar-refractivity contribution in [3.05, 3.63) is 43.0 Å². The number of anilines is 2. The highest BCUT2D eigenvalue weighted by Gasteiger charge is 2.26. The maximum atomic E-state index is 12.2. The standard InChI is InChI=1S/C15H17N5O/c21-14(19-13-3-1-6-16-11-13)12-4-9-20(10-5-12)15-17-7-2-8-18-15/h1-3,6-8,11-12H,4-5,9-10H2,(H,19,21). The molecule has 0 radical (unpaired) electrons. The number of aromatic nitrogens is 3. The third-order valence-electron chi connectivity index (χ3n) is 3.63. The Balaban J connectivity index is 1.55. The average Bonchev–Trinajstić information content (AvgIpc) is 2.57. The highest BCUT2D eigenvalue weighted by Crippen LogP contribution is 2.21. The van der Waals surface area contributed by atoms with Crippen LogP contribution in [0.1, 0.15) is 12.8 Å². The molecule has 21 heavy (non-hydrogen) atoms. The number of piperidine rings is 1. The summed E-state index contributed by atoms with van der Waals surface area (Å²) in [5, 5.41) is 2.92. The van der Waals surface area contributed by atoms with Crippen molar-refractivity contribution >= 4 is 17.5 Å². The van der Waals surface area contributed by atoms with Gasteiger partial charge in [0.1, 0.15) is 0 Å². The van der Waals surface area contributed by atoms with Gasteiger partial charge in [0.2, 0.25) is 11.9 Å². The molecule has 1 amide bonds. The lowest BCUT2D eigenvalue weighted by Crippen LogP contribution is -2.39. The van der Waals surface area contributed by atoms with Gasteiger partial charge in [0.25, 0.3) is 0 Å². The van der Waals surface area contributed by atoms with E-state index >= 15 is 0 Å². The van der Waals surface area contributed by atoms with Crippen LogP contribution in [0.3, 0.4) is 0 Å². The van der Waals surface area contributed by atoms with Crippen molar-refractivity contribution in [3.63, 3.8) is 0 Å². The normalized spacial score (nSPS) is 15.7. The summed E-state index contributed by atoms with van der Waals surface area (Å²) in [6.07, 6.45) is 8.45. The molecule has 2 aromatic rings.